The van der Waals surface area contributed by atoms with Crippen molar-refractivity contribution in [3.8, 4) is 0 Å². The van der Waals surface area contributed by atoms with Gasteiger partial charge in [0.1, 0.15) is 0 Å². The van der Waals surface area contributed by atoms with Crippen molar-refractivity contribution in [1.29, 1.82) is 0 Å². The zero-order chi connectivity index (χ0) is 13.1. The van der Waals surface area contributed by atoms with E-state index in [4.69, 9.17) is 4.42 Å². The summed E-state index contributed by atoms with van der Waals surface area (Å²) in [5.74, 6) is 0.289. The summed E-state index contributed by atoms with van der Waals surface area (Å²) in [5, 5.41) is 12.7. The molecule has 96 valence electrons. The molecule has 0 fully saturated rings. The maximum absolute atomic E-state index is 11.7. The lowest BCUT2D eigenvalue weighted by atomic mass is 9.94. The van der Waals surface area contributed by atoms with E-state index in [9.17, 15) is 9.90 Å². The van der Waals surface area contributed by atoms with Crippen LogP contribution in [0.1, 0.15) is 37.7 Å². The van der Waals surface area contributed by atoms with Gasteiger partial charge in [0.05, 0.1) is 5.60 Å². The smallest absolute Gasteiger partial charge is 0.287 e. The summed E-state index contributed by atoms with van der Waals surface area (Å²) in [6, 6.07) is 3.23. The van der Waals surface area contributed by atoms with Gasteiger partial charge >= 0.3 is 0 Å². The number of amides is 1. The second-order valence-corrected chi connectivity index (χ2v) is 5.66. The number of halogens is 1. The zero-order valence-electron chi connectivity index (χ0n) is 10.3. The lowest BCUT2D eigenvalue weighted by molar-refractivity contribution is 0.0363. The van der Waals surface area contributed by atoms with E-state index in [2.05, 4.69) is 21.2 Å². The molecule has 0 aliphatic rings. The maximum Gasteiger partial charge on any atom is 0.287 e. The topological polar surface area (TPSA) is 62.5 Å². The first-order valence-electron chi connectivity index (χ1n) is 5.56. The molecule has 1 aromatic rings. The molecule has 1 unspecified atom stereocenters. The van der Waals surface area contributed by atoms with Gasteiger partial charge < -0.3 is 14.8 Å². The molecule has 17 heavy (non-hydrogen) atoms. The summed E-state index contributed by atoms with van der Waals surface area (Å²) in [5.41, 5.74) is -0.895. The molecule has 0 spiro atoms. The van der Waals surface area contributed by atoms with E-state index < -0.39 is 5.60 Å². The molecule has 0 saturated heterocycles. The second kappa shape index (κ2) is 5.69. The van der Waals surface area contributed by atoms with Crippen LogP contribution in [0.15, 0.2) is 21.2 Å². The van der Waals surface area contributed by atoms with Gasteiger partial charge in [-0.05, 0) is 47.3 Å². The maximum atomic E-state index is 11.7. The largest absolute Gasteiger partial charge is 0.444 e. The number of hydrogen-bond acceptors (Lipinski definition) is 3. The summed E-state index contributed by atoms with van der Waals surface area (Å²) in [7, 11) is 0. The van der Waals surface area contributed by atoms with Gasteiger partial charge in [-0.2, -0.15) is 0 Å². The van der Waals surface area contributed by atoms with E-state index in [1.54, 1.807) is 19.1 Å². The standard InChI is InChI=1S/C12H18BrNO3/c1-8(2)6-12(3,16)7-14-11(15)9-4-5-10(13)17-9/h4-5,8,16H,6-7H2,1-3H3,(H,14,15). The van der Waals surface area contributed by atoms with Gasteiger partial charge in [-0.15, -0.1) is 0 Å². The summed E-state index contributed by atoms with van der Waals surface area (Å²) in [6.45, 7) is 5.98. The SMILES string of the molecule is CC(C)CC(C)(O)CNC(=O)c1ccc(Br)o1. The fourth-order valence-electron chi connectivity index (χ4n) is 1.75. The van der Waals surface area contributed by atoms with Crippen molar-refractivity contribution >= 4 is 21.8 Å². The van der Waals surface area contributed by atoms with Crippen molar-refractivity contribution in [3.63, 3.8) is 0 Å². The van der Waals surface area contributed by atoms with Gasteiger partial charge in [0.15, 0.2) is 10.4 Å². The van der Waals surface area contributed by atoms with Crippen LogP contribution in [0.5, 0.6) is 0 Å². The molecule has 1 atom stereocenters. The quantitative estimate of drug-likeness (QED) is 0.879. The Morgan fingerprint density at radius 3 is 2.71 bits per heavy atom. The summed E-state index contributed by atoms with van der Waals surface area (Å²) >= 11 is 3.13. The molecular weight excluding hydrogens is 286 g/mol. The Hall–Kier alpha value is -0.810. The second-order valence-electron chi connectivity index (χ2n) is 4.88. The first-order valence-corrected chi connectivity index (χ1v) is 6.35. The van der Waals surface area contributed by atoms with Gasteiger partial charge in [0.25, 0.3) is 5.91 Å². The average molecular weight is 304 g/mol. The Balaban J connectivity index is 2.48. The van der Waals surface area contributed by atoms with Crippen LogP contribution in [-0.2, 0) is 0 Å². The molecule has 1 amide bonds. The van der Waals surface area contributed by atoms with E-state index in [-0.39, 0.29) is 18.2 Å². The van der Waals surface area contributed by atoms with Crippen molar-refractivity contribution in [2.24, 2.45) is 5.92 Å². The van der Waals surface area contributed by atoms with Crippen LogP contribution in [0.3, 0.4) is 0 Å². The molecule has 0 bridgehead atoms. The summed E-state index contributed by atoms with van der Waals surface area (Å²) in [6.07, 6.45) is 0.634. The van der Waals surface area contributed by atoms with E-state index in [1.165, 1.54) is 0 Å². The van der Waals surface area contributed by atoms with Gasteiger partial charge in [0, 0.05) is 6.54 Å². The minimum Gasteiger partial charge on any atom is -0.444 e. The molecule has 0 saturated carbocycles. The molecular formula is C12H18BrNO3. The van der Waals surface area contributed by atoms with Crippen LogP contribution >= 0.6 is 15.9 Å². The van der Waals surface area contributed by atoms with Crippen molar-refractivity contribution < 1.29 is 14.3 Å². The monoisotopic (exact) mass is 303 g/mol. The Kier molecular flexibility index (Phi) is 4.77. The zero-order valence-corrected chi connectivity index (χ0v) is 11.9. The van der Waals surface area contributed by atoms with Crippen LogP contribution in [0, 0.1) is 5.92 Å². The highest BCUT2D eigenvalue weighted by Crippen LogP contribution is 2.16. The van der Waals surface area contributed by atoms with Crippen molar-refractivity contribution in [3.05, 3.63) is 22.6 Å². The van der Waals surface area contributed by atoms with Crippen LogP contribution in [0.2, 0.25) is 0 Å². The Bertz CT molecular complexity index is 385. The number of furan rings is 1. The molecule has 0 aliphatic carbocycles. The predicted molar refractivity (Wildman–Crippen MR) is 68.8 cm³/mol. The lowest BCUT2D eigenvalue weighted by Gasteiger charge is -2.25. The van der Waals surface area contributed by atoms with Crippen LogP contribution in [0.4, 0.5) is 0 Å². The van der Waals surface area contributed by atoms with Crippen molar-refractivity contribution in [1.82, 2.24) is 5.32 Å². The van der Waals surface area contributed by atoms with Crippen LogP contribution in [-0.4, -0.2) is 23.2 Å². The highest BCUT2D eigenvalue weighted by Gasteiger charge is 2.23. The van der Waals surface area contributed by atoms with Gasteiger partial charge in [-0.1, -0.05) is 13.8 Å². The van der Waals surface area contributed by atoms with E-state index in [0.717, 1.165) is 0 Å². The van der Waals surface area contributed by atoms with E-state index in [0.29, 0.717) is 17.0 Å². The minimum absolute atomic E-state index is 0.211. The van der Waals surface area contributed by atoms with E-state index >= 15 is 0 Å². The summed E-state index contributed by atoms with van der Waals surface area (Å²) in [4.78, 5) is 11.7. The van der Waals surface area contributed by atoms with E-state index in [1.807, 2.05) is 13.8 Å². The number of rotatable bonds is 5. The lowest BCUT2D eigenvalue weighted by Crippen LogP contribution is -2.41. The number of nitrogens with one attached hydrogen (secondary N) is 1. The molecule has 4 nitrogen and oxygen atoms in total. The molecule has 0 radical (unpaired) electrons. The first kappa shape index (κ1) is 14.3. The van der Waals surface area contributed by atoms with Crippen molar-refractivity contribution in [2.75, 3.05) is 6.54 Å². The molecule has 5 heteroatoms. The average Bonchev–Trinajstić information content (AvgIpc) is 2.59. The number of carbonyl (C=O) groups excluding carboxylic acids is 1. The fraction of sp³-hybridized carbons (Fsp3) is 0.583. The van der Waals surface area contributed by atoms with Gasteiger partial charge in [0.2, 0.25) is 0 Å². The predicted octanol–water partition coefficient (Wildman–Crippen LogP) is 2.57. The third kappa shape index (κ3) is 4.91. The van der Waals surface area contributed by atoms with Gasteiger partial charge in [-0.25, -0.2) is 0 Å². The molecule has 0 aliphatic heterocycles. The fourth-order valence-corrected chi connectivity index (χ4v) is 2.05. The van der Waals surface area contributed by atoms with Crippen LogP contribution < -0.4 is 5.32 Å². The highest BCUT2D eigenvalue weighted by molar-refractivity contribution is 9.10. The molecule has 1 heterocycles. The third-order valence-electron chi connectivity index (χ3n) is 2.27. The summed E-state index contributed by atoms with van der Waals surface area (Å²) < 4.78 is 5.63. The third-order valence-corrected chi connectivity index (χ3v) is 2.70. The normalized spacial score (nSPS) is 14.7. The Morgan fingerprint density at radius 2 is 2.24 bits per heavy atom. The molecule has 1 aromatic heterocycles. The number of carbonyl (C=O) groups is 1. The number of aliphatic hydroxyl groups is 1. The first-order chi connectivity index (χ1) is 7.80. The minimum atomic E-state index is -0.895. The Morgan fingerprint density at radius 1 is 1.59 bits per heavy atom. The van der Waals surface area contributed by atoms with Gasteiger partial charge in [-0.3, -0.25) is 4.79 Å². The van der Waals surface area contributed by atoms with Crippen LogP contribution in [0.25, 0.3) is 0 Å². The highest BCUT2D eigenvalue weighted by atomic mass is 79.9. The molecule has 2 N–H and O–H groups in total. The molecule has 0 aromatic carbocycles. The molecule has 1 rings (SSSR count). The number of hydrogen-bond donors (Lipinski definition) is 2. The van der Waals surface area contributed by atoms with Crippen molar-refractivity contribution in [2.45, 2.75) is 32.8 Å². The Labute approximate surface area is 110 Å².